The highest BCUT2D eigenvalue weighted by Gasteiger charge is 2.34. The van der Waals surface area contributed by atoms with Gasteiger partial charge in [-0.05, 0) is 59.1 Å². The van der Waals surface area contributed by atoms with E-state index in [9.17, 15) is 13.2 Å². The second-order valence-corrected chi connectivity index (χ2v) is 11.0. The van der Waals surface area contributed by atoms with Crippen LogP contribution in [0.15, 0.2) is 58.1 Å². The smallest absolute Gasteiger partial charge is 0.254 e. The fraction of sp³-hybridized carbons (Fsp3) is 0.318. The largest absolute Gasteiger partial charge is 0.326 e. The van der Waals surface area contributed by atoms with Crippen molar-refractivity contribution in [1.29, 1.82) is 0 Å². The van der Waals surface area contributed by atoms with E-state index in [1.54, 1.807) is 46.9 Å². The first-order valence-electron chi connectivity index (χ1n) is 9.98. The number of hydrogen-bond acceptors (Lipinski definition) is 5. The van der Waals surface area contributed by atoms with Crippen LogP contribution in [0.3, 0.4) is 0 Å². The van der Waals surface area contributed by atoms with Crippen molar-refractivity contribution >= 4 is 38.6 Å². The maximum atomic E-state index is 13.4. The minimum atomic E-state index is -3.54. The van der Waals surface area contributed by atoms with Crippen molar-refractivity contribution < 1.29 is 13.2 Å². The first-order chi connectivity index (χ1) is 14.5. The van der Waals surface area contributed by atoms with Crippen LogP contribution in [0, 0.1) is 0 Å². The normalized spacial score (nSPS) is 16.6. The zero-order chi connectivity index (χ0) is 21.3. The van der Waals surface area contributed by atoms with E-state index in [1.807, 2.05) is 30.2 Å². The summed E-state index contributed by atoms with van der Waals surface area (Å²) >= 11 is 3.40. The van der Waals surface area contributed by atoms with Gasteiger partial charge < -0.3 is 4.90 Å². The summed E-state index contributed by atoms with van der Waals surface area (Å²) < 4.78 is 26.9. The lowest BCUT2D eigenvalue weighted by Crippen LogP contribution is -2.39. The average molecular weight is 461 g/mol. The van der Waals surface area contributed by atoms with E-state index in [4.69, 9.17) is 0 Å². The van der Waals surface area contributed by atoms with Gasteiger partial charge in [-0.1, -0.05) is 19.9 Å². The van der Waals surface area contributed by atoms with Gasteiger partial charge in [-0.2, -0.15) is 4.31 Å². The molecule has 1 aliphatic heterocycles. The predicted molar refractivity (Wildman–Crippen MR) is 122 cm³/mol. The Kier molecular flexibility index (Phi) is 6.11. The molecule has 1 aromatic carbocycles. The molecule has 8 heteroatoms. The molecule has 2 aromatic heterocycles. The minimum Gasteiger partial charge on any atom is -0.326 e. The van der Waals surface area contributed by atoms with Crippen molar-refractivity contribution in [1.82, 2.24) is 9.21 Å². The maximum Gasteiger partial charge on any atom is 0.254 e. The number of thiophene rings is 2. The highest BCUT2D eigenvalue weighted by Crippen LogP contribution is 2.40. The molecule has 4 rings (SSSR count). The zero-order valence-electron chi connectivity index (χ0n) is 16.9. The topological polar surface area (TPSA) is 57.7 Å². The van der Waals surface area contributed by atoms with Gasteiger partial charge in [0.15, 0.2) is 0 Å². The quantitative estimate of drug-likeness (QED) is 0.539. The summed E-state index contributed by atoms with van der Waals surface area (Å²) in [4.78, 5) is 18.0. The Balaban J connectivity index is 1.64. The lowest BCUT2D eigenvalue weighted by Gasteiger charge is -2.35. The Bertz CT molecular complexity index is 1110. The van der Waals surface area contributed by atoms with Gasteiger partial charge >= 0.3 is 0 Å². The van der Waals surface area contributed by atoms with Crippen LogP contribution in [-0.2, 0) is 16.4 Å². The average Bonchev–Trinajstić information content (AvgIpc) is 3.45. The van der Waals surface area contributed by atoms with Crippen LogP contribution in [0.2, 0.25) is 0 Å². The molecule has 0 radical (unpaired) electrons. The number of carbonyl (C=O) groups is 1. The number of hydrogen-bond donors (Lipinski definition) is 0. The van der Waals surface area contributed by atoms with E-state index in [0.717, 1.165) is 11.3 Å². The number of carbonyl (C=O) groups excluding carboxylic acids is 1. The Hall–Kier alpha value is -2.00. The van der Waals surface area contributed by atoms with Gasteiger partial charge in [0.05, 0.1) is 10.9 Å². The number of fused-ring (bicyclic) bond motifs is 1. The highest BCUT2D eigenvalue weighted by atomic mass is 32.2. The van der Waals surface area contributed by atoms with Gasteiger partial charge in [-0.3, -0.25) is 4.79 Å². The number of rotatable bonds is 6. The standard InChI is InChI=1S/C22H24N2O3S3/c1-3-23(4-2)30(26,27)17-9-7-16(8-10-17)22(25)24-13-11-19-18(12-15-29-19)21(24)20-6-5-14-28-20/h5-10,12,14-15,21H,3-4,11,13H2,1-2H3/t21-/m1/s1. The Morgan fingerprint density at radius 1 is 1.07 bits per heavy atom. The molecule has 0 aliphatic carbocycles. The Labute approximate surface area is 185 Å². The molecule has 0 unspecified atom stereocenters. The molecule has 0 fully saturated rings. The van der Waals surface area contributed by atoms with Crippen LogP contribution in [0.5, 0.6) is 0 Å². The summed E-state index contributed by atoms with van der Waals surface area (Å²) in [5.74, 6) is -0.0722. The monoisotopic (exact) mass is 460 g/mol. The summed E-state index contributed by atoms with van der Waals surface area (Å²) in [6.07, 6.45) is 0.842. The molecular weight excluding hydrogens is 436 g/mol. The van der Waals surface area contributed by atoms with E-state index >= 15 is 0 Å². The molecule has 3 heterocycles. The molecule has 5 nitrogen and oxygen atoms in total. The number of sulfonamides is 1. The SMILES string of the molecule is CCN(CC)S(=O)(=O)c1ccc(C(=O)N2CCc3sccc3[C@@H]2c2cccs2)cc1. The summed E-state index contributed by atoms with van der Waals surface area (Å²) in [5.41, 5.74) is 1.71. The van der Waals surface area contributed by atoms with Gasteiger partial charge in [0.2, 0.25) is 10.0 Å². The highest BCUT2D eigenvalue weighted by molar-refractivity contribution is 7.89. The molecule has 1 aliphatic rings. The molecule has 1 atom stereocenters. The van der Waals surface area contributed by atoms with Crippen LogP contribution >= 0.6 is 22.7 Å². The van der Waals surface area contributed by atoms with E-state index in [0.29, 0.717) is 25.2 Å². The third kappa shape index (κ3) is 3.73. The lowest BCUT2D eigenvalue weighted by atomic mass is 9.97. The summed E-state index contributed by atoms with van der Waals surface area (Å²) in [6.45, 7) is 5.11. The van der Waals surface area contributed by atoms with Crippen LogP contribution in [0.25, 0.3) is 0 Å². The first kappa shape index (κ1) is 21.2. The third-order valence-corrected chi connectivity index (χ3v) is 9.47. The van der Waals surface area contributed by atoms with Crippen LogP contribution in [0.4, 0.5) is 0 Å². The van der Waals surface area contributed by atoms with Crippen molar-refractivity contribution in [3.05, 3.63) is 74.1 Å². The van der Waals surface area contributed by atoms with Gasteiger partial charge in [0.1, 0.15) is 0 Å². The molecule has 0 N–H and O–H groups in total. The van der Waals surface area contributed by atoms with Crippen LogP contribution < -0.4 is 0 Å². The third-order valence-electron chi connectivity index (χ3n) is 5.48. The van der Waals surface area contributed by atoms with Crippen molar-refractivity contribution in [3.8, 4) is 0 Å². The van der Waals surface area contributed by atoms with Gasteiger partial charge in [0.25, 0.3) is 5.91 Å². The Morgan fingerprint density at radius 2 is 1.80 bits per heavy atom. The Morgan fingerprint density at radius 3 is 2.43 bits per heavy atom. The number of benzene rings is 1. The molecular formula is C22H24N2O3S3. The van der Waals surface area contributed by atoms with E-state index < -0.39 is 10.0 Å². The summed E-state index contributed by atoms with van der Waals surface area (Å²) in [7, 11) is -3.54. The molecule has 30 heavy (non-hydrogen) atoms. The molecule has 0 bridgehead atoms. The van der Waals surface area contributed by atoms with Crippen molar-refractivity contribution in [2.24, 2.45) is 0 Å². The molecule has 0 saturated carbocycles. The summed E-state index contributed by atoms with van der Waals surface area (Å²) in [6, 6.07) is 12.5. The van der Waals surface area contributed by atoms with Crippen LogP contribution in [0.1, 0.15) is 45.6 Å². The van der Waals surface area contributed by atoms with E-state index in [2.05, 4.69) is 17.5 Å². The van der Waals surface area contributed by atoms with E-state index in [-0.39, 0.29) is 16.8 Å². The fourth-order valence-corrected chi connectivity index (χ4v) is 7.15. The van der Waals surface area contributed by atoms with Gasteiger partial charge in [-0.25, -0.2) is 8.42 Å². The minimum absolute atomic E-state index is 0.0722. The van der Waals surface area contributed by atoms with Crippen molar-refractivity contribution in [2.45, 2.75) is 31.2 Å². The van der Waals surface area contributed by atoms with Crippen LogP contribution in [-0.4, -0.2) is 43.2 Å². The molecule has 3 aromatic rings. The molecule has 0 saturated heterocycles. The second-order valence-electron chi connectivity index (χ2n) is 7.08. The zero-order valence-corrected chi connectivity index (χ0v) is 19.4. The van der Waals surface area contributed by atoms with Gasteiger partial charge in [0, 0.05) is 35.0 Å². The van der Waals surface area contributed by atoms with E-state index in [1.165, 1.54) is 14.7 Å². The first-order valence-corrected chi connectivity index (χ1v) is 13.2. The van der Waals surface area contributed by atoms with Gasteiger partial charge in [-0.15, -0.1) is 22.7 Å². The number of amides is 1. The molecule has 158 valence electrons. The summed E-state index contributed by atoms with van der Waals surface area (Å²) in [5, 5.41) is 4.12. The van der Waals surface area contributed by atoms with Crippen molar-refractivity contribution in [2.75, 3.05) is 19.6 Å². The fourth-order valence-electron chi connectivity index (χ4n) is 3.94. The number of nitrogens with zero attached hydrogens (tertiary/aromatic N) is 2. The molecule has 0 spiro atoms. The predicted octanol–water partition coefficient (Wildman–Crippen LogP) is 4.63. The lowest BCUT2D eigenvalue weighted by molar-refractivity contribution is 0.0698. The second kappa shape index (κ2) is 8.63. The van der Waals surface area contributed by atoms with Crippen molar-refractivity contribution in [3.63, 3.8) is 0 Å². The maximum absolute atomic E-state index is 13.4. The molecule has 1 amide bonds.